The molecule has 7 heteroatoms. The number of halogens is 3. The maximum atomic E-state index is 12.4. The van der Waals surface area contributed by atoms with Crippen molar-refractivity contribution in [1.82, 2.24) is 9.78 Å². The standard InChI is InChI=1S/C16H15F3N2O2/c1-10-15(11(2)21(3)20-10)13(22)9-8-12-6-4-5-7-14(12)23-16(17,18)19/h4-9H,1-3H3/b9-8+. The number of ketones is 1. The average Bonchev–Trinajstić information content (AvgIpc) is 2.69. The Morgan fingerprint density at radius 3 is 2.48 bits per heavy atom. The van der Waals surface area contributed by atoms with Gasteiger partial charge in [0.1, 0.15) is 5.75 Å². The number of alkyl halides is 3. The molecule has 2 rings (SSSR count). The summed E-state index contributed by atoms with van der Waals surface area (Å²) in [5.74, 6) is -0.682. The highest BCUT2D eigenvalue weighted by Crippen LogP contribution is 2.27. The molecule has 23 heavy (non-hydrogen) atoms. The van der Waals surface area contributed by atoms with E-state index < -0.39 is 6.36 Å². The molecule has 1 heterocycles. The van der Waals surface area contributed by atoms with Crippen LogP contribution in [0.1, 0.15) is 27.3 Å². The molecular formula is C16H15F3N2O2. The molecular weight excluding hydrogens is 309 g/mol. The van der Waals surface area contributed by atoms with Crippen LogP contribution in [0.2, 0.25) is 0 Å². The Labute approximate surface area is 131 Å². The first kappa shape index (κ1) is 16.8. The van der Waals surface area contributed by atoms with Gasteiger partial charge in [-0.3, -0.25) is 9.48 Å². The number of hydrogen-bond acceptors (Lipinski definition) is 3. The molecule has 1 aromatic heterocycles. The summed E-state index contributed by atoms with van der Waals surface area (Å²) in [4.78, 5) is 12.3. The van der Waals surface area contributed by atoms with Gasteiger partial charge in [-0.2, -0.15) is 5.10 Å². The van der Waals surface area contributed by atoms with Gasteiger partial charge in [0.05, 0.1) is 11.3 Å². The lowest BCUT2D eigenvalue weighted by Crippen LogP contribution is -2.17. The molecule has 0 atom stereocenters. The first-order valence-corrected chi connectivity index (χ1v) is 6.76. The SMILES string of the molecule is Cc1nn(C)c(C)c1C(=O)/C=C/c1ccccc1OC(F)(F)F. The van der Waals surface area contributed by atoms with Crippen molar-refractivity contribution >= 4 is 11.9 Å². The van der Waals surface area contributed by atoms with E-state index in [0.29, 0.717) is 17.0 Å². The predicted molar refractivity (Wildman–Crippen MR) is 79.2 cm³/mol. The summed E-state index contributed by atoms with van der Waals surface area (Å²) in [6.07, 6.45) is -2.27. The highest BCUT2D eigenvalue weighted by atomic mass is 19.4. The van der Waals surface area contributed by atoms with Crippen molar-refractivity contribution < 1.29 is 22.7 Å². The Kier molecular flexibility index (Phi) is 4.58. The van der Waals surface area contributed by atoms with Crippen molar-refractivity contribution in [2.45, 2.75) is 20.2 Å². The number of rotatable bonds is 4. The first-order chi connectivity index (χ1) is 10.7. The summed E-state index contributed by atoms with van der Waals surface area (Å²) in [5.41, 5.74) is 1.87. The molecule has 0 bridgehead atoms. The molecule has 0 amide bonds. The lowest BCUT2D eigenvalue weighted by molar-refractivity contribution is -0.274. The van der Waals surface area contributed by atoms with E-state index in [9.17, 15) is 18.0 Å². The second-order valence-electron chi connectivity index (χ2n) is 4.95. The summed E-state index contributed by atoms with van der Waals surface area (Å²) in [6.45, 7) is 3.45. The largest absolute Gasteiger partial charge is 0.573 e. The van der Waals surface area contributed by atoms with E-state index in [1.807, 2.05) is 0 Å². The van der Waals surface area contributed by atoms with Gasteiger partial charge in [-0.25, -0.2) is 0 Å². The number of ether oxygens (including phenoxy) is 1. The summed E-state index contributed by atoms with van der Waals surface area (Å²) in [6, 6.07) is 5.62. The topological polar surface area (TPSA) is 44.1 Å². The number of carbonyl (C=O) groups excluding carboxylic acids is 1. The number of nitrogens with zero attached hydrogens (tertiary/aromatic N) is 2. The van der Waals surface area contributed by atoms with Crippen LogP contribution in [0.15, 0.2) is 30.3 Å². The predicted octanol–water partition coefficient (Wildman–Crippen LogP) is 3.83. The van der Waals surface area contributed by atoms with Crippen LogP contribution in [-0.2, 0) is 7.05 Å². The molecule has 0 aliphatic rings. The normalized spacial score (nSPS) is 11.9. The van der Waals surface area contributed by atoms with Gasteiger partial charge in [0.2, 0.25) is 0 Å². The first-order valence-electron chi connectivity index (χ1n) is 6.76. The van der Waals surface area contributed by atoms with E-state index >= 15 is 0 Å². The van der Waals surface area contributed by atoms with Gasteiger partial charge in [-0.05, 0) is 32.1 Å². The molecule has 0 saturated carbocycles. The Morgan fingerprint density at radius 2 is 1.91 bits per heavy atom. The second-order valence-corrected chi connectivity index (χ2v) is 4.95. The average molecular weight is 324 g/mol. The number of benzene rings is 1. The lowest BCUT2D eigenvalue weighted by Gasteiger charge is -2.10. The van der Waals surface area contributed by atoms with Crippen LogP contribution in [0, 0.1) is 13.8 Å². The maximum Gasteiger partial charge on any atom is 0.573 e. The van der Waals surface area contributed by atoms with Gasteiger partial charge in [-0.15, -0.1) is 13.2 Å². The minimum absolute atomic E-state index is 0.164. The van der Waals surface area contributed by atoms with Crippen LogP contribution in [0.3, 0.4) is 0 Å². The van der Waals surface area contributed by atoms with E-state index in [0.717, 1.165) is 0 Å². The van der Waals surface area contributed by atoms with Crippen molar-refractivity contribution in [3.8, 4) is 5.75 Å². The summed E-state index contributed by atoms with van der Waals surface area (Å²) in [5, 5.41) is 4.14. The molecule has 0 N–H and O–H groups in total. The van der Waals surface area contributed by atoms with Gasteiger partial charge >= 0.3 is 6.36 Å². The zero-order valence-corrected chi connectivity index (χ0v) is 12.8. The molecule has 122 valence electrons. The second kappa shape index (κ2) is 6.28. The third-order valence-electron chi connectivity index (χ3n) is 3.31. The highest BCUT2D eigenvalue weighted by Gasteiger charge is 2.31. The van der Waals surface area contributed by atoms with Gasteiger partial charge < -0.3 is 4.74 Å². The van der Waals surface area contributed by atoms with E-state index in [4.69, 9.17) is 0 Å². The van der Waals surface area contributed by atoms with Gasteiger partial charge in [0.15, 0.2) is 5.78 Å². The fourth-order valence-corrected chi connectivity index (χ4v) is 2.21. The van der Waals surface area contributed by atoms with Gasteiger partial charge in [-0.1, -0.05) is 18.2 Å². The number of aryl methyl sites for hydroxylation is 2. The Bertz CT molecular complexity index is 761. The fourth-order valence-electron chi connectivity index (χ4n) is 2.21. The van der Waals surface area contributed by atoms with Gasteiger partial charge in [0.25, 0.3) is 0 Å². The van der Waals surface area contributed by atoms with Crippen molar-refractivity contribution in [2.24, 2.45) is 7.05 Å². The third kappa shape index (κ3) is 4.00. The van der Waals surface area contributed by atoms with Crippen molar-refractivity contribution in [1.29, 1.82) is 0 Å². The van der Waals surface area contributed by atoms with Crippen LogP contribution in [-0.4, -0.2) is 21.9 Å². The maximum absolute atomic E-state index is 12.4. The quantitative estimate of drug-likeness (QED) is 0.634. The Hall–Kier alpha value is -2.57. The van der Waals surface area contributed by atoms with Crippen LogP contribution in [0.5, 0.6) is 5.75 Å². The Morgan fingerprint density at radius 1 is 1.26 bits per heavy atom. The molecule has 0 unspecified atom stereocenters. The van der Waals surface area contributed by atoms with Gasteiger partial charge in [0, 0.05) is 18.3 Å². The molecule has 0 spiro atoms. The minimum atomic E-state index is -4.79. The van der Waals surface area contributed by atoms with Crippen molar-refractivity contribution in [3.05, 3.63) is 52.9 Å². The number of allylic oxidation sites excluding steroid dienone is 1. The molecule has 0 aliphatic carbocycles. The van der Waals surface area contributed by atoms with Crippen LogP contribution in [0.4, 0.5) is 13.2 Å². The third-order valence-corrected chi connectivity index (χ3v) is 3.31. The number of aromatic nitrogens is 2. The summed E-state index contributed by atoms with van der Waals surface area (Å²) < 4.78 is 42.6. The number of para-hydroxylation sites is 1. The fraction of sp³-hybridized carbons (Fsp3) is 0.250. The molecule has 2 aromatic rings. The smallest absolute Gasteiger partial charge is 0.405 e. The van der Waals surface area contributed by atoms with E-state index in [2.05, 4.69) is 9.84 Å². The van der Waals surface area contributed by atoms with E-state index in [-0.39, 0.29) is 17.1 Å². The molecule has 0 radical (unpaired) electrons. The molecule has 0 aliphatic heterocycles. The molecule has 0 fully saturated rings. The van der Waals surface area contributed by atoms with E-state index in [1.165, 1.54) is 30.4 Å². The zero-order valence-electron chi connectivity index (χ0n) is 12.8. The molecule has 1 aromatic carbocycles. The minimum Gasteiger partial charge on any atom is -0.405 e. The van der Waals surface area contributed by atoms with E-state index in [1.54, 1.807) is 31.6 Å². The van der Waals surface area contributed by atoms with Crippen LogP contribution < -0.4 is 4.74 Å². The molecule has 0 saturated heterocycles. The number of carbonyl (C=O) groups is 1. The van der Waals surface area contributed by atoms with Crippen molar-refractivity contribution in [2.75, 3.05) is 0 Å². The lowest BCUT2D eigenvalue weighted by atomic mass is 10.1. The van der Waals surface area contributed by atoms with Crippen molar-refractivity contribution in [3.63, 3.8) is 0 Å². The molecule has 4 nitrogen and oxygen atoms in total. The van der Waals surface area contributed by atoms with Crippen LogP contribution >= 0.6 is 0 Å². The summed E-state index contributed by atoms with van der Waals surface area (Å²) in [7, 11) is 1.72. The summed E-state index contributed by atoms with van der Waals surface area (Å²) >= 11 is 0. The Balaban J connectivity index is 2.28. The van der Waals surface area contributed by atoms with Crippen LogP contribution in [0.25, 0.3) is 6.08 Å². The zero-order chi connectivity index (χ0) is 17.2. The monoisotopic (exact) mass is 324 g/mol. The highest BCUT2D eigenvalue weighted by molar-refractivity contribution is 6.08. The number of hydrogen-bond donors (Lipinski definition) is 0.